The number of nitrogen functional groups attached to an aromatic ring is 1. The summed E-state index contributed by atoms with van der Waals surface area (Å²) in [7, 11) is -9.77. The van der Waals surface area contributed by atoms with E-state index in [-0.39, 0.29) is 33.6 Å². The third-order valence-electron chi connectivity index (χ3n) is 5.89. The van der Waals surface area contributed by atoms with Crippen LogP contribution in [0, 0.1) is 0 Å². The average Bonchev–Trinajstić information content (AvgIpc) is 2.82. The van der Waals surface area contributed by atoms with Crippen molar-refractivity contribution in [3.05, 3.63) is 70.8 Å². The standard InChI is InChI=1S/C24H23N3O8S2/c1-2-3-12-26-17-10-9-16(20(25)24(17)37(33,34)35)27-21-18(36(30,31)32)11-8-15-19(21)23(29)14-7-5-4-6-13(14)22(15)28/h4-11,26-27H,2-3,12,25H2,1H3,(H,30,31,32)(H,33,34,35). The van der Waals surface area contributed by atoms with Crippen LogP contribution in [0.2, 0.25) is 0 Å². The molecule has 0 fully saturated rings. The van der Waals surface area contributed by atoms with E-state index in [1.807, 2.05) is 6.92 Å². The highest BCUT2D eigenvalue weighted by molar-refractivity contribution is 7.86. The van der Waals surface area contributed by atoms with E-state index in [1.54, 1.807) is 6.07 Å². The zero-order chi connectivity index (χ0) is 27.1. The Balaban J connectivity index is 1.94. The number of hydrogen-bond acceptors (Lipinski definition) is 9. The van der Waals surface area contributed by atoms with Crippen LogP contribution < -0.4 is 16.4 Å². The van der Waals surface area contributed by atoms with Crippen LogP contribution in [0.5, 0.6) is 0 Å². The van der Waals surface area contributed by atoms with E-state index in [0.717, 1.165) is 18.6 Å². The second kappa shape index (κ2) is 9.59. The molecular formula is C24H23N3O8S2. The molecule has 0 bridgehead atoms. The van der Waals surface area contributed by atoms with Gasteiger partial charge in [0.1, 0.15) is 9.79 Å². The topological polar surface area (TPSA) is 193 Å². The number of anilines is 4. The maximum Gasteiger partial charge on any atom is 0.298 e. The Hall–Kier alpha value is -3.78. The van der Waals surface area contributed by atoms with Crippen molar-refractivity contribution in [3.8, 4) is 0 Å². The number of nitrogens with two attached hydrogens (primary N) is 1. The molecule has 0 heterocycles. The van der Waals surface area contributed by atoms with E-state index >= 15 is 0 Å². The Morgan fingerprint density at radius 2 is 1.43 bits per heavy atom. The normalized spacial score (nSPS) is 13.2. The average molecular weight is 546 g/mol. The predicted molar refractivity (Wildman–Crippen MR) is 137 cm³/mol. The van der Waals surface area contributed by atoms with Crippen molar-refractivity contribution in [2.24, 2.45) is 0 Å². The van der Waals surface area contributed by atoms with Crippen LogP contribution in [0.15, 0.2) is 58.3 Å². The molecule has 13 heteroatoms. The summed E-state index contributed by atoms with van der Waals surface area (Å²) >= 11 is 0. The number of carbonyl (C=O) groups excluding carboxylic acids is 2. The van der Waals surface area contributed by atoms with Gasteiger partial charge in [0.15, 0.2) is 11.6 Å². The minimum absolute atomic E-state index is 0.0178. The molecule has 0 aliphatic heterocycles. The zero-order valence-corrected chi connectivity index (χ0v) is 21.1. The third kappa shape index (κ3) is 4.81. The van der Waals surface area contributed by atoms with E-state index in [0.29, 0.717) is 13.0 Å². The van der Waals surface area contributed by atoms with Crippen LogP contribution in [0.3, 0.4) is 0 Å². The fourth-order valence-corrected chi connectivity index (χ4v) is 5.62. The van der Waals surface area contributed by atoms with Gasteiger partial charge in [-0.05, 0) is 30.7 Å². The highest BCUT2D eigenvalue weighted by Crippen LogP contribution is 2.41. The van der Waals surface area contributed by atoms with Crippen molar-refractivity contribution in [2.45, 2.75) is 29.6 Å². The van der Waals surface area contributed by atoms with Crippen molar-refractivity contribution in [1.82, 2.24) is 0 Å². The lowest BCUT2D eigenvalue weighted by molar-refractivity contribution is 0.0979. The van der Waals surface area contributed by atoms with Gasteiger partial charge in [0.2, 0.25) is 0 Å². The van der Waals surface area contributed by atoms with Crippen LogP contribution >= 0.6 is 0 Å². The highest BCUT2D eigenvalue weighted by Gasteiger charge is 2.35. The number of hydrogen-bond donors (Lipinski definition) is 5. The van der Waals surface area contributed by atoms with Crippen LogP contribution in [0.4, 0.5) is 22.7 Å². The Bertz CT molecular complexity index is 1670. The molecule has 0 saturated heterocycles. The first kappa shape index (κ1) is 26.3. The van der Waals surface area contributed by atoms with Crippen LogP contribution in [-0.2, 0) is 20.2 Å². The Morgan fingerprint density at radius 1 is 0.811 bits per heavy atom. The van der Waals surface area contributed by atoms with Crippen LogP contribution in [-0.4, -0.2) is 44.1 Å². The third-order valence-corrected chi connectivity index (χ3v) is 7.74. The Kier molecular flexibility index (Phi) is 6.81. The van der Waals surface area contributed by atoms with Crippen LogP contribution in [0.25, 0.3) is 0 Å². The van der Waals surface area contributed by atoms with Gasteiger partial charge in [-0.15, -0.1) is 0 Å². The number of rotatable bonds is 8. The maximum atomic E-state index is 13.4. The summed E-state index contributed by atoms with van der Waals surface area (Å²) < 4.78 is 68.5. The first-order valence-electron chi connectivity index (χ1n) is 11.1. The summed E-state index contributed by atoms with van der Waals surface area (Å²) in [4.78, 5) is 25.1. The van der Waals surface area contributed by atoms with Crippen molar-refractivity contribution in [3.63, 3.8) is 0 Å². The fourth-order valence-electron chi connectivity index (χ4n) is 4.17. The molecule has 1 aliphatic rings. The molecule has 1 aliphatic carbocycles. The van der Waals surface area contributed by atoms with E-state index in [1.165, 1.54) is 30.3 Å². The molecule has 0 radical (unpaired) electrons. The van der Waals surface area contributed by atoms with Gasteiger partial charge in [-0.3, -0.25) is 18.7 Å². The summed E-state index contributed by atoms with van der Waals surface area (Å²) in [6, 6.07) is 10.7. The van der Waals surface area contributed by atoms with Gasteiger partial charge in [0.25, 0.3) is 20.2 Å². The number of ketones is 2. The van der Waals surface area contributed by atoms with Crippen molar-refractivity contribution in [1.29, 1.82) is 0 Å². The second-order valence-electron chi connectivity index (χ2n) is 8.32. The van der Waals surface area contributed by atoms with Gasteiger partial charge >= 0.3 is 0 Å². The van der Waals surface area contributed by atoms with E-state index in [9.17, 15) is 35.5 Å². The number of unbranched alkanes of at least 4 members (excludes halogenated alkanes) is 1. The molecule has 194 valence electrons. The molecule has 0 amide bonds. The molecule has 3 aromatic rings. The molecule has 3 aromatic carbocycles. The number of nitrogens with one attached hydrogen (secondary N) is 2. The fraction of sp³-hybridized carbons (Fsp3) is 0.167. The lowest BCUT2D eigenvalue weighted by Crippen LogP contribution is -2.23. The molecule has 37 heavy (non-hydrogen) atoms. The molecule has 11 nitrogen and oxygen atoms in total. The van der Waals surface area contributed by atoms with E-state index in [4.69, 9.17) is 5.73 Å². The SMILES string of the molecule is CCCCNc1ccc(Nc2c(S(=O)(=O)O)ccc3c2C(=O)c2ccccc2C3=O)c(N)c1S(=O)(=O)O. The largest absolute Gasteiger partial charge is 0.396 e. The van der Waals surface area contributed by atoms with Gasteiger partial charge < -0.3 is 16.4 Å². The summed E-state index contributed by atoms with van der Waals surface area (Å²) in [6.45, 7) is 2.32. The highest BCUT2D eigenvalue weighted by atomic mass is 32.2. The maximum absolute atomic E-state index is 13.4. The summed E-state index contributed by atoms with van der Waals surface area (Å²) in [5.74, 6) is -1.23. The summed E-state index contributed by atoms with van der Waals surface area (Å²) in [6.07, 6.45) is 1.52. The molecule has 0 aromatic heterocycles. The van der Waals surface area contributed by atoms with E-state index < -0.39 is 53.0 Å². The van der Waals surface area contributed by atoms with Gasteiger partial charge in [-0.2, -0.15) is 16.8 Å². The first-order chi connectivity index (χ1) is 17.4. The first-order valence-corrected chi connectivity index (χ1v) is 14.0. The Labute approximate surface area is 213 Å². The van der Waals surface area contributed by atoms with E-state index in [2.05, 4.69) is 10.6 Å². The van der Waals surface area contributed by atoms with Gasteiger partial charge in [-0.1, -0.05) is 37.6 Å². The summed E-state index contributed by atoms with van der Waals surface area (Å²) in [5.41, 5.74) is 4.68. The molecule has 6 N–H and O–H groups in total. The molecule has 4 rings (SSSR count). The van der Waals surface area contributed by atoms with Crippen LogP contribution in [0.1, 0.15) is 51.6 Å². The minimum Gasteiger partial charge on any atom is -0.396 e. The monoisotopic (exact) mass is 545 g/mol. The van der Waals surface area contributed by atoms with Crippen molar-refractivity contribution >= 4 is 54.6 Å². The zero-order valence-electron chi connectivity index (χ0n) is 19.5. The quantitative estimate of drug-likeness (QED) is 0.124. The number of fused-ring (bicyclic) bond motifs is 2. The molecule has 0 spiro atoms. The lowest BCUT2D eigenvalue weighted by atomic mass is 9.83. The van der Waals surface area contributed by atoms with Gasteiger partial charge in [0.05, 0.1) is 28.3 Å². The Morgan fingerprint density at radius 3 is 2.03 bits per heavy atom. The molecule has 0 saturated carbocycles. The second-order valence-corrected chi connectivity index (χ2v) is 11.1. The molecular weight excluding hydrogens is 522 g/mol. The van der Waals surface area contributed by atoms with Crippen molar-refractivity contribution < 1.29 is 35.5 Å². The smallest absolute Gasteiger partial charge is 0.298 e. The van der Waals surface area contributed by atoms with Crippen molar-refractivity contribution in [2.75, 3.05) is 22.9 Å². The predicted octanol–water partition coefficient (Wildman–Crippen LogP) is 3.49. The number of benzene rings is 3. The minimum atomic E-state index is -4.93. The lowest BCUT2D eigenvalue weighted by Gasteiger charge is -2.23. The van der Waals surface area contributed by atoms with Gasteiger partial charge in [0, 0.05) is 23.2 Å². The molecule has 0 atom stereocenters. The molecule has 0 unspecified atom stereocenters. The number of carbonyl (C=O) groups is 2. The summed E-state index contributed by atoms with van der Waals surface area (Å²) in [5, 5.41) is 5.50. The van der Waals surface area contributed by atoms with Gasteiger partial charge in [-0.25, -0.2) is 0 Å².